The first kappa shape index (κ1) is 10.7. The van der Waals surface area contributed by atoms with E-state index in [0.717, 1.165) is 5.56 Å². The molecular weight excluding hydrogens is 179 g/mol. The average Bonchev–Trinajstić information content (AvgIpc) is 2.14. The molecule has 1 rings (SSSR count). The van der Waals surface area contributed by atoms with E-state index in [1.807, 2.05) is 6.92 Å². The molecular formula is C12H13FO. The fourth-order valence-electron chi connectivity index (χ4n) is 1.21. The number of benzene rings is 1. The Kier molecular flexibility index (Phi) is 3.67. The highest BCUT2D eigenvalue weighted by atomic mass is 19.1. The molecule has 0 fully saturated rings. The topological polar surface area (TPSA) is 20.2 Å². The molecule has 0 amide bonds. The highest BCUT2D eigenvalue weighted by molar-refractivity contribution is 5.26. The quantitative estimate of drug-likeness (QED) is 0.714. The molecule has 1 aromatic carbocycles. The van der Waals surface area contributed by atoms with Crippen LogP contribution in [0.5, 0.6) is 0 Å². The molecule has 0 aliphatic rings. The molecule has 0 aliphatic heterocycles. The molecule has 2 heteroatoms. The minimum atomic E-state index is -0.831. The molecule has 0 saturated heterocycles. The van der Waals surface area contributed by atoms with Gasteiger partial charge in [-0.2, -0.15) is 0 Å². The molecule has 0 radical (unpaired) electrons. The van der Waals surface area contributed by atoms with Gasteiger partial charge in [0.05, 0.1) is 6.10 Å². The summed E-state index contributed by atoms with van der Waals surface area (Å²) in [6.45, 7) is 3.50. The zero-order chi connectivity index (χ0) is 10.6. The summed E-state index contributed by atoms with van der Waals surface area (Å²) in [4.78, 5) is 0. The maximum Gasteiger partial charge on any atom is 0.129 e. The van der Waals surface area contributed by atoms with Gasteiger partial charge in [0.2, 0.25) is 0 Å². The lowest BCUT2D eigenvalue weighted by molar-refractivity contribution is 0.179. The third kappa shape index (κ3) is 2.58. The Morgan fingerprint density at radius 3 is 2.79 bits per heavy atom. The Balaban J connectivity index is 2.88. The summed E-state index contributed by atoms with van der Waals surface area (Å²) in [6, 6.07) is 4.80. The zero-order valence-corrected chi connectivity index (χ0v) is 8.34. The summed E-state index contributed by atoms with van der Waals surface area (Å²) >= 11 is 0. The second-order valence-corrected chi connectivity index (χ2v) is 3.17. The van der Waals surface area contributed by atoms with Gasteiger partial charge in [-0.25, -0.2) is 4.39 Å². The Morgan fingerprint density at radius 2 is 2.21 bits per heavy atom. The van der Waals surface area contributed by atoms with E-state index in [1.165, 1.54) is 6.07 Å². The molecule has 1 aromatic rings. The van der Waals surface area contributed by atoms with Gasteiger partial charge in [0.1, 0.15) is 5.82 Å². The van der Waals surface area contributed by atoms with E-state index in [2.05, 4.69) is 11.8 Å². The smallest absolute Gasteiger partial charge is 0.129 e. The largest absolute Gasteiger partial charge is 0.387 e. The minimum absolute atomic E-state index is 0.274. The van der Waals surface area contributed by atoms with Crippen LogP contribution in [0.25, 0.3) is 0 Å². The van der Waals surface area contributed by atoms with Crippen molar-refractivity contribution in [3.8, 4) is 11.8 Å². The number of aliphatic hydroxyl groups excluding tert-OH is 1. The maximum atomic E-state index is 13.3. The number of hydrogen-bond donors (Lipinski definition) is 1. The number of aryl methyl sites for hydroxylation is 1. The average molecular weight is 192 g/mol. The lowest BCUT2D eigenvalue weighted by Gasteiger charge is -2.08. The van der Waals surface area contributed by atoms with Crippen LogP contribution in [-0.4, -0.2) is 5.11 Å². The van der Waals surface area contributed by atoms with Crippen molar-refractivity contribution in [3.05, 3.63) is 35.1 Å². The molecule has 1 nitrogen and oxygen atoms in total. The van der Waals surface area contributed by atoms with E-state index in [0.29, 0.717) is 5.56 Å². The Hall–Kier alpha value is -1.33. The number of hydrogen-bond acceptors (Lipinski definition) is 1. The van der Waals surface area contributed by atoms with Crippen LogP contribution in [0.15, 0.2) is 18.2 Å². The summed E-state index contributed by atoms with van der Waals surface area (Å²) in [5.74, 6) is 5.02. The van der Waals surface area contributed by atoms with E-state index in [4.69, 9.17) is 0 Å². The van der Waals surface area contributed by atoms with Crippen molar-refractivity contribution in [1.82, 2.24) is 0 Å². The van der Waals surface area contributed by atoms with E-state index in [1.54, 1.807) is 19.1 Å². The van der Waals surface area contributed by atoms with Crippen molar-refractivity contribution >= 4 is 0 Å². The van der Waals surface area contributed by atoms with Crippen LogP contribution in [0, 0.1) is 24.6 Å². The Bertz CT molecular complexity index is 374. The minimum Gasteiger partial charge on any atom is -0.387 e. The van der Waals surface area contributed by atoms with Crippen LogP contribution < -0.4 is 0 Å². The van der Waals surface area contributed by atoms with Gasteiger partial charge in [-0.05, 0) is 25.5 Å². The second-order valence-electron chi connectivity index (χ2n) is 3.17. The van der Waals surface area contributed by atoms with Gasteiger partial charge in [0, 0.05) is 12.0 Å². The van der Waals surface area contributed by atoms with Crippen molar-refractivity contribution in [1.29, 1.82) is 0 Å². The van der Waals surface area contributed by atoms with Gasteiger partial charge in [0.15, 0.2) is 0 Å². The lowest BCUT2D eigenvalue weighted by Crippen LogP contribution is -1.99. The van der Waals surface area contributed by atoms with Gasteiger partial charge in [-0.15, -0.1) is 11.8 Å². The molecule has 0 saturated carbocycles. The van der Waals surface area contributed by atoms with Crippen LogP contribution in [0.2, 0.25) is 0 Å². The fraction of sp³-hybridized carbons (Fsp3) is 0.333. The summed E-state index contributed by atoms with van der Waals surface area (Å²) in [5, 5.41) is 9.58. The van der Waals surface area contributed by atoms with Crippen molar-refractivity contribution < 1.29 is 9.50 Å². The molecule has 1 atom stereocenters. The number of halogens is 1. The number of aliphatic hydroxyl groups is 1. The van der Waals surface area contributed by atoms with Gasteiger partial charge < -0.3 is 5.11 Å². The van der Waals surface area contributed by atoms with Crippen LogP contribution in [0.1, 0.15) is 30.6 Å². The molecule has 0 aromatic heterocycles. The first-order valence-corrected chi connectivity index (χ1v) is 4.49. The van der Waals surface area contributed by atoms with Gasteiger partial charge in [-0.1, -0.05) is 12.1 Å². The first-order valence-electron chi connectivity index (χ1n) is 4.49. The third-order valence-corrected chi connectivity index (χ3v) is 1.99. The molecule has 74 valence electrons. The Labute approximate surface area is 83.6 Å². The van der Waals surface area contributed by atoms with Gasteiger partial charge in [0.25, 0.3) is 0 Å². The summed E-state index contributed by atoms with van der Waals surface area (Å²) in [5.41, 5.74) is 1.17. The lowest BCUT2D eigenvalue weighted by atomic mass is 10.0. The summed E-state index contributed by atoms with van der Waals surface area (Å²) < 4.78 is 13.3. The standard InChI is InChI=1S/C12H13FO/c1-3-4-5-12(14)10-7-6-9(2)8-11(10)13/h6-8,12,14H,5H2,1-2H3. The normalized spacial score (nSPS) is 11.7. The summed E-state index contributed by atoms with van der Waals surface area (Å²) in [6.07, 6.45) is -0.556. The highest BCUT2D eigenvalue weighted by Gasteiger charge is 2.10. The SMILES string of the molecule is CC#CCC(O)c1ccc(C)cc1F. The van der Waals surface area contributed by atoms with Crippen molar-refractivity contribution in [2.24, 2.45) is 0 Å². The third-order valence-electron chi connectivity index (χ3n) is 1.99. The monoisotopic (exact) mass is 192 g/mol. The molecule has 0 heterocycles. The van der Waals surface area contributed by atoms with Gasteiger partial charge >= 0.3 is 0 Å². The Morgan fingerprint density at radius 1 is 1.50 bits per heavy atom. The van der Waals surface area contributed by atoms with Crippen molar-refractivity contribution in [2.75, 3.05) is 0 Å². The maximum absolute atomic E-state index is 13.3. The summed E-state index contributed by atoms with van der Waals surface area (Å²) in [7, 11) is 0. The molecule has 0 spiro atoms. The molecule has 1 unspecified atom stereocenters. The van der Waals surface area contributed by atoms with Crippen LogP contribution in [-0.2, 0) is 0 Å². The second kappa shape index (κ2) is 4.78. The van der Waals surface area contributed by atoms with E-state index in [-0.39, 0.29) is 12.2 Å². The predicted molar refractivity (Wildman–Crippen MR) is 54.2 cm³/mol. The van der Waals surface area contributed by atoms with E-state index >= 15 is 0 Å². The predicted octanol–water partition coefficient (Wildman–Crippen LogP) is 2.58. The molecule has 14 heavy (non-hydrogen) atoms. The van der Waals surface area contributed by atoms with Crippen molar-refractivity contribution in [2.45, 2.75) is 26.4 Å². The van der Waals surface area contributed by atoms with E-state index < -0.39 is 6.10 Å². The molecule has 0 aliphatic carbocycles. The van der Waals surface area contributed by atoms with Crippen molar-refractivity contribution in [3.63, 3.8) is 0 Å². The molecule has 0 bridgehead atoms. The zero-order valence-electron chi connectivity index (χ0n) is 8.34. The van der Waals surface area contributed by atoms with Crippen LogP contribution in [0.4, 0.5) is 4.39 Å². The van der Waals surface area contributed by atoms with Gasteiger partial charge in [-0.3, -0.25) is 0 Å². The fourth-order valence-corrected chi connectivity index (χ4v) is 1.21. The first-order chi connectivity index (χ1) is 6.65. The van der Waals surface area contributed by atoms with E-state index in [9.17, 15) is 9.50 Å². The number of rotatable bonds is 2. The van der Waals surface area contributed by atoms with Crippen LogP contribution >= 0.6 is 0 Å². The highest BCUT2D eigenvalue weighted by Crippen LogP contribution is 2.20. The van der Waals surface area contributed by atoms with Crippen LogP contribution in [0.3, 0.4) is 0 Å². The molecule has 1 N–H and O–H groups in total.